The fourth-order valence-electron chi connectivity index (χ4n) is 1.65. The van der Waals surface area contributed by atoms with Crippen molar-refractivity contribution in [2.45, 2.75) is 6.92 Å². The third-order valence-corrected chi connectivity index (χ3v) is 2.74. The largest absolute Gasteiger partial charge is 0.271 e. The van der Waals surface area contributed by atoms with Crippen LogP contribution in [-0.2, 0) is 0 Å². The van der Waals surface area contributed by atoms with Crippen molar-refractivity contribution >= 4 is 17.7 Å². The average Bonchev–Trinajstić information content (AvgIpc) is 2.51. The van der Waals surface area contributed by atoms with Crippen LogP contribution in [0, 0.1) is 5.82 Å². The first-order valence-corrected chi connectivity index (χ1v) is 6.48. The van der Waals surface area contributed by atoms with Crippen LogP contribution in [0.2, 0.25) is 0 Å². The standard InChI is InChI=1S/C17H15FN2O/c1-13(10-11-14-6-3-2-4-7-14)19-20-17(21)15-8-5-9-16(18)12-15/h2-12H,1H3,(H,20,21). The van der Waals surface area contributed by atoms with E-state index in [9.17, 15) is 9.18 Å². The molecule has 0 saturated heterocycles. The number of benzene rings is 2. The predicted molar refractivity (Wildman–Crippen MR) is 82.5 cm³/mol. The topological polar surface area (TPSA) is 41.5 Å². The fraction of sp³-hybridized carbons (Fsp3) is 0.0588. The molecule has 21 heavy (non-hydrogen) atoms. The van der Waals surface area contributed by atoms with E-state index in [1.807, 2.05) is 36.4 Å². The molecule has 2 aromatic rings. The molecule has 0 unspecified atom stereocenters. The molecule has 0 aliphatic heterocycles. The van der Waals surface area contributed by atoms with Crippen molar-refractivity contribution in [2.24, 2.45) is 5.10 Å². The van der Waals surface area contributed by atoms with Gasteiger partial charge in [-0.05, 0) is 36.8 Å². The van der Waals surface area contributed by atoms with E-state index in [1.165, 1.54) is 24.3 Å². The monoisotopic (exact) mass is 282 g/mol. The van der Waals surface area contributed by atoms with E-state index < -0.39 is 11.7 Å². The van der Waals surface area contributed by atoms with Gasteiger partial charge in [-0.1, -0.05) is 42.5 Å². The van der Waals surface area contributed by atoms with Gasteiger partial charge in [-0.25, -0.2) is 9.82 Å². The van der Waals surface area contributed by atoms with Crippen LogP contribution in [-0.4, -0.2) is 11.6 Å². The molecule has 0 aliphatic rings. The number of hydrogen-bond donors (Lipinski definition) is 1. The van der Waals surface area contributed by atoms with Crippen molar-refractivity contribution in [3.8, 4) is 0 Å². The Kier molecular flexibility index (Phi) is 4.99. The molecule has 0 bridgehead atoms. The molecule has 106 valence electrons. The lowest BCUT2D eigenvalue weighted by Gasteiger charge is -2.00. The van der Waals surface area contributed by atoms with Crippen LogP contribution < -0.4 is 5.43 Å². The number of hydrazone groups is 1. The van der Waals surface area contributed by atoms with E-state index in [1.54, 1.807) is 13.0 Å². The molecule has 2 aromatic carbocycles. The molecule has 0 fully saturated rings. The van der Waals surface area contributed by atoms with Crippen LogP contribution >= 0.6 is 0 Å². The van der Waals surface area contributed by atoms with E-state index >= 15 is 0 Å². The van der Waals surface area contributed by atoms with Crippen molar-refractivity contribution in [1.82, 2.24) is 5.43 Å². The smallest absolute Gasteiger partial charge is 0.267 e. The van der Waals surface area contributed by atoms with E-state index in [0.717, 1.165) is 5.56 Å². The summed E-state index contributed by atoms with van der Waals surface area (Å²) in [5.74, 6) is -0.894. The minimum Gasteiger partial charge on any atom is -0.267 e. The lowest BCUT2D eigenvalue weighted by Crippen LogP contribution is -2.18. The van der Waals surface area contributed by atoms with E-state index in [4.69, 9.17) is 0 Å². The summed E-state index contributed by atoms with van der Waals surface area (Å²) in [6, 6.07) is 15.2. The number of hydrogen-bond acceptors (Lipinski definition) is 2. The summed E-state index contributed by atoms with van der Waals surface area (Å²) in [7, 11) is 0. The van der Waals surface area contributed by atoms with Gasteiger partial charge in [-0.2, -0.15) is 5.10 Å². The maximum atomic E-state index is 13.0. The Morgan fingerprint density at radius 1 is 1.14 bits per heavy atom. The maximum absolute atomic E-state index is 13.0. The second-order valence-electron chi connectivity index (χ2n) is 4.45. The lowest BCUT2D eigenvalue weighted by molar-refractivity contribution is 0.0954. The van der Waals surface area contributed by atoms with Gasteiger partial charge in [0, 0.05) is 5.56 Å². The number of nitrogens with one attached hydrogen (secondary N) is 1. The number of halogens is 1. The number of allylic oxidation sites excluding steroid dienone is 1. The molecule has 0 aromatic heterocycles. The molecule has 0 aliphatic carbocycles. The molecule has 0 spiro atoms. The summed E-state index contributed by atoms with van der Waals surface area (Å²) in [5.41, 5.74) is 4.32. The molecule has 0 saturated carbocycles. The molecule has 1 N–H and O–H groups in total. The molecular formula is C17H15FN2O. The van der Waals surface area contributed by atoms with Crippen molar-refractivity contribution in [3.63, 3.8) is 0 Å². The van der Waals surface area contributed by atoms with Gasteiger partial charge in [-0.15, -0.1) is 0 Å². The van der Waals surface area contributed by atoms with Crippen LogP contribution in [0.15, 0.2) is 65.8 Å². The van der Waals surface area contributed by atoms with E-state index in [0.29, 0.717) is 5.71 Å². The first kappa shape index (κ1) is 14.7. The Balaban J connectivity index is 1.97. The Labute approximate surface area is 122 Å². The van der Waals surface area contributed by atoms with E-state index in [2.05, 4.69) is 10.5 Å². The minimum absolute atomic E-state index is 0.235. The van der Waals surface area contributed by atoms with Crippen molar-refractivity contribution in [1.29, 1.82) is 0 Å². The lowest BCUT2D eigenvalue weighted by atomic mass is 10.2. The Bertz CT molecular complexity index is 678. The minimum atomic E-state index is -0.452. The molecule has 2 rings (SSSR count). The Morgan fingerprint density at radius 2 is 1.90 bits per heavy atom. The first-order valence-electron chi connectivity index (χ1n) is 6.48. The first-order chi connectivity index (χ1) is 10.1. The maximum Gasteiger partial charge on any atom is 0.271 e. The predicted octanol–water partition coefficient (Wildman–Crippen LogP) is 3.64. The fourth-order valence-corrected chi connectivity index (χ4v) is 1.65. The van der Waals surface area contributed by atoms with Gasteiger partial charge in [0.2, 0.25) is 0 Å². The van der Waals surface area contributed by atoms with Gasteiger partial charge < -0.3 is 0 Å². The summed E-state index contributed by atoms with van der Waals surface area (Å²) in [6.07, 6.45) is 3.69. The third-order valence-electron chi connectivity index (χ3n) is 2.74. The molecule has 0 atom stereocenters. The highest BCUT2D eigenvalue weighted by molar-refractivity contribution is 5.99. The van der Waals surface area contributed by atoms with Gasteiger partial charge in [0.1, 0.15) is 5.82 Å². The SMILES string of the molecule is CC(C=Cc1ccccc1)=NNC(=O)c1cccc(F)c1. The molecule has 0 radical (unpaired) electrons. The summed E-state index contributed by atoms with van der Waals surface area (Å²) in [4.78, 5) is 11.8. The van der Waals surface area contributed by atoms with Crippen LogP contribution in [0.25, 0.3) is 6.08 Å². The normalized spacial score (nSPS) is 11.6. The van der Waals surface area contributed by atoms with Gasteiger partial charge in [0.15, 0.2) is 0 Å². The summed E-state index contributed by atoms with van der Waals surface area (Å²) >= 11 is 0. The van der Waals surface area contributed by atoms with Gasteiger partial charge in [0.05, 0.1) is 5.71 Å². The number of amides is 1. The molecule has 4 heteroatoms. The van der Waals surface area contributed by atoms with Crippen molar-refractivity contribution < 1.29 is 9.18 Å². The van der Waals surface area contributed by atoms with Crippen molar-refractivity contribution in [3.05, 3.63) is 77.6 Å². The molecule has 0 heterocycles. The second-order valence-corrected chi connectivity index (χ2v) is 4.45. The van der Waals surface area contributed by atoms with Crippen LogP contribution in [0.5, 0.6) is 0 Å². The highest BCUT2D eigenvalue weighted by Gasteiger charge is 2.04. The van der Waals surface area contributed by atoms with Crippen LogP contribution in [0.4, 0.5) is 4.39 Å². The molecule has 1 amide bonds. The zero-order valence-electron chi connectivity index (χ0n) is 11.6. The number of carbonyl (C=O) groups is 1. The zero-order valence-corrected chi connectivity index (χ0v) is 11.6. The second kappa shape index (κ2) is 7.14. The van der Waals surface area contributed by atoms with Crippen molar-refractivity contribution in [2.75, 3.05) is 0 Å². The van der Waals surface area contributed by atoms with Crippen LogP contribution in [0.3, 0.4) is 0 Å². The highest BCUT2D eigenvalue weighted by atomic mass is 19.1. The molecular weight excluding hydrogens is 267 g/mol. The average molecular weight is 282 g/mol. The Hall–Kier alpha value is -2.75. The van der Waals surface area contributed by atoms with Gasteiger partial charge in [-0.3, -0.25) is 4.79 Å². The number of nitrogens with zero attached hydrogens (tertiary/aromatic N) is 1. The van der Waals surface area contributed by atoms with Crippen LogP contribution in [0.1, 0.15) is 22.8 Å². The highest BCUT2D eigenvalue weighted by Crippen LogP contribution is 2.03. The Morgan fingerprint density at radius 3 is 2.62 bits per heavy atom. The zero-order chi connectivity index (χ0) is 15.1. The van der Waals surface area contributed by atoms with E-state index in [-0.39, 0.29) is 5.56 Å². The summed E-state index contributed by atoms with van der Waals surface area (Å²) < 4.78 is 13.0. The molecule has 3 nitrogen and oxygen atoms in total. The number of rotatable bonds is 4. The summed E-state index contributed by atoms with van der Waals surface area (Å²) in [5, 5.41) is 3.95. The quantitative estimate of drug-likeness (QED) is 0.675. The van der Waals surface area contributed by atoms with Gasteiger partial charge >= 0.3 is 0 Å². The summed E-state index contributed by atoms with van der Waals surface area (Å²) in [6.45, 7) is 1.77. The number of carbonyl (C=O) groups excluding carboxylic acids is 1. The van der Waals surface area contributed by atoms with Gasteiger partial charge in [0.25, 0.3) is 5.91 Å². The third kappa shape index (κ3) is 4.69.